The highest BCUT2D eigenvalue weighted by Gasteiger charge is 2.22. The zero-order chi connectivity index (χ0) is 18.6. The Labute approximate surface area is 158 Å². The molecule has 0 N–H and O–H groups in total. The Morgan fingerprint density at radius 1 is 0.440 bits per heavy atom. The molecule has 4 nitrogen and oxygen atoms in total. The monoisotopic (exact) mass is 356 g/mol. The van der Waals surface area contributed by atoms with Gasteiger partial charge in [0, 0.05) is 26.4 Å². The van der Waals surface area contributed by atoms with Crippen molar-refractivity contribution in [1.82, 2.24) is 0 Å². The third kappa shape index (κ3) is 17.2. The molecule has 0 rings (SSSR count). The number of rotatable bonds is 20. The fourth-order valence-corrected chi connectivity index (χ4v) is 2.32. The zero-order valence-electron chi connectivity index (χ0n) is 17.4. The van der Waals surface area contributed by atoms with Crippen LogP contribution in [0, 0.1) is 0 Å². The standard InChI is InChI=1S/C19H42B2O4/c1-5-9-16-22-20(23-17-10-6-2)14-13-15-21(24-18-11-7-3)25-19-12-8-4/h5-19H2,1-4H3. The van der Waals surface area contributed by atoms with Crippen molar-refractivity contribution in [3.8, 4) is 0 Å². The molecule has 0 heterocycles. The van der Waals surface area contributed by atoms with Crippen LogP contribution in [0.4, 0.5) is 0 Å². The van der Waals surface area contributed by atoms with Crippen LogP contribution in [0.1, 0.15) is 85.5 Å². The summed E-state index contributed by atoms with van der Waals surface area (Å²) in [4.78, 5) is 0. The third-order valence-corrected chi connectivity index (χ3v) is 4.09. The Kier molecular flexibility index (Phi) is 20.3. The minimum absolute atomic E-state index is 0.0787. The van der Waals surface area contributed by atoms with Crippen molar-refractivity contribution in [2.45, 2.75) is 98.1 Å². The SMILES string of the molecule is CCCCOB(CCCB(OCCCC)OCCCC)OCCCC. The minimum Gasteiger partial charge on any atom is -0.411 e. The van der Waals surface area contributed by atoms with Gasteiger partial charge in [-0.1, -0.05) is 59.8 Å². The van der Waals surface area contributed by atoms with Crippen LogP contribution in [0.15, 0.2) is 0 Å². The molecule has 0 aliphatic carbocycles. The van der Waals surface area contributed by atoms with E-state index in [1.54, 1.807) is 0 Å². The Morgan fingerprint density at radius 3 is 0.960 bits per heavy atom. The van der Waals surface area contributed by atoms with Gasteiger partial charge in [-0.2, -0.15) is 0 Å². The molecule has 0 unspecified atom stereocenters. The second-order valence-corrected chi connectivity index (χ2v) is 6.69. The summed E-state index contributed by atoms with van der Waals surface area (Å²) in [6, 6.07) is 0. The van der Waals surface area contributed by atoms with E-state index in [0.717, 1.165) is 96.9 Å². The van der Waals surface area contributed by atoms with Gasteiger partial charge in [0.2, 0.25) is 0 Å². The third-order valence-electron chi connectivity index (χ3n) is 4.09. The van der Waals surface area contributed by atoms with E-state index in [-0.39, 0.29) is 14.2 Å². The molecule has 6 heteroatoms. The van der Waals surface area contributed by atoms with E-state index in [1.807, 2.05) is 0 Å². The lowest BCUT2D eigenvalue weighted by molar-refractivity contribution is 0.186. The van der Waals surface area contributed by atoms with Gasteiger partial charge in [-0.05, 0) is 38.3 Å². The molecule has 0 spiro atoms. The maximum Gasteiger partial charge on any atom is 0.456 e. The van der Waals surface area contributed by atoms with E-state index in [4.69, 9.17) is 18.6 Å². The van der Waals surface area contributed by atoms with Crippen LogP contribution >= 0.6 is 0 Å². The first-order valence-corrected chi connectivity index (χ1v) is 10.7. The van der Waals surface area contributed by atoms with E-state index in [2.05, 4.69) is 27.7 Å². The van der Waals surface area contributed by atoms with Gasteiger partial charge < -0.3 is 18.6 Å². The molecule has 0 aromatic rings. The Bertz CT molecular complexity index is 214. The van der Waals surface area contributed by atoms with E-state index < -0.39 is 0 Å². The van der Waals surface area contributed by atoms with E-state index in [0.29, 0.717) is 0 Å². The molecule has 0 atom stereocenters. The average Bonchev–Trinajstić information content (AvgIpc) is 2.61. The molecule has 0 fully saturated rings. The fraction of sp³-hybridized carbons (Fsp3) is 1.00. The van der Waals surface area contributed by atoms with Crippen LogP contribution in [0.25, 0.3) is 0 Å². The normalized spacial score (nSPS) is 11.0. The van der Waals surface area contributed by atoms with Gasteiger partial charge in [0.05, 0.1) is 0 Å². The molecule has 148 valence electrons. The molecule has 0 aliphatic rings. The van der Waals surface area contributed by atoms with E-state index in [9.17, 15) is 0 Å². The lowest BCUT2D eigenvalue weighted by Crippen LogP contribution is -2.27. The molecular weight excluding hydrogens is 314 g/mol. The van der Waals surface area contributed by atoms with Gasteiger partial charge >= 0.3 is 14.2 Å². The van der Waals surface area contributed by atoms with E-state index >= 15 is 0 Å². The summed E-state index contributed by atoms with van der Waals surface area (Å²) in [5.74, 6) is 0. The highest BCUT2D eigenvalue weighted by molar-refractivity contribution is 6.46. The van der Waals surface area contributed by atoms with Gasteiger partial charge in [-0.15, -0.1) is 0 Å². The van der Waals surface area contributed by atoms with Crippen molar-refractivity contribution in [3.05, 3.63) is 0 Å². The summed E-state index contributed by atoms with van der Waals surface area (Å²) < 4.78 is 23.6. The van der Waals surface area contributed by atoms with Crippen LogP contribution in [0.3, 0.4) is 0 Å². The topological polar surface area (TPSA) is 36.9 Å². The molecule has 0 aromatic heterocycles. The number of hydrogen-bond donors (Lipinski definition) is 0. The second kappa shape index (κ2) is 20.3. The van der Waals surface area contributed by atoms with Gasteiger partial charge in [0.15, 0.2) is 0 Å². The minimum atomic E-state index is -0.0787. The van der Waals surface area contributed by atoms with Crippen LogP contribution in [-0.2, 0) is 18.6 Å². The molecule has 0 radical (unpaired) electrons. The fourth-order valence-electron chi connectivity index (χ4n) is 2.32. The first kappa shape index (κ1) is 25.0. The van der Waals surface area contributed by atoms with Crippen molar-refractivity contribution in [3.63, 3.8) is 0 Å². The molecule has 0 amide bonds. The summed E-state index contributed by atoms with van der Waals surface area (Å²) in [6.07, 6.45) is 11.8. The van der Waals surface area contributed by atoms with Gasteiger partial charge in [-0.25, -0.2) is 0 Å². The summed E-state index contributed by atoms with van der Waals surface area (Å²) >= 11 is 0. The molecule has 0 saturated carbocycles. The van der Waals surface area contributed by atoms with Crippen molar-refractivity contribution in [2.75, 3.05) is 26.4 Å². The van der Waals surface area contributed by atoms with Crippen molar-refractivity contribution in [1.29, 1.82) is 0 Å². The van der Waals surface area contributed by atoms with E-state index in [1.165, 1.54) is 0 Å². The Hall–Kier alpha value is -0.0301. The molecule has 0 bridgehead atoms. The van der Waals surface area contributed by atoms with Gasteiger partial charge in [0.1, 0.15) is 0 Å². The Morgan fingerprint density at radius 2 is 0.720 bits per heavy atom. The molecule has 0 aliphatic heterocycles. The largest absolute Gasteiger partial charge is 0.456 e. The van der Waals surface area contributed by atoms with Crippen LogP contribution in [0.5, 0.6) is 0 Å². The second-order valence-electron chi connectivity index (χ2n) is 6.69. The first-order chi connectivity index (χ1) is 12.3. The van der Waals surface area contributed by atoms with Crippen molar-refractivity contribution >= 4 is 14.2 Å². The van der Waals surface area contributed by atoms with Gasteiger partial charge in [-0.3, -0.25) is 0 Å². The summed E-state index contributed by atoms with van der Waals surface area (Å²) in [5.41, 5.74) is 0. The predicted octanol–water partition coefficient (Wildman–Crippen LogP) is 5.62. The van der Waals surface area contributed by atoms with Crippen molar-refractivity contribution in [2.24, 2.45) is 0 Å². The molecular formula is C19H42B2O4. The quantitative estimate of drug-likeness (QED) is 0.210. The Balaban J connectivity index is 4.13. The molecule has 0 aromatic carbocycles. The van der Waals surface area contributed by atoms with Crippen molar-refractivity contribution < 1.29 is 18.6 Å². The lowest BCUT2D eigenvalue weighted by Gasteiger charge is -2.17. The van der Waals surface area contributed by atoms with Gasteiger partial charge in [0.25, 0.3) is 0 Å². The number of unbranched alkanes of at least 4 members (excludes halogenated alkanes) is 4. The number of hydrogen-bond acceptors (Lipinski definition) is 4. The lowest BCUT2D eigenvalue weighted by atomic mass is 9.74. The summed E-state index contributed by atoms with van der Waals surface area (Å²) in [7, 11) is -0.157. The van der Waals surface area contributed by atoms with Crippen LogP contribution in [0.2, 0.25) is 12.6 Å². The zero-order valence-corrected chi connectivity index (χ0v) is 17.4. The average molecular weight is 356 g/mol. The maximum absolute atomic E-state index is 5.90. The molecule has 25 heavy (non-hydrogen) atoms. The maximum atomic E-state index is 5.90. The summed E-state index contributed by atoms with van der Waals surface area (Å²) in [6.45, 7) is 11.9. The smallest absolute Gasteiger partial charge is 0.411 e. The predicted molar refractivity (Wildman–Crippen MR) is 109 cm³/mol. The van der Waals surface area contributed by atoms with Crippen LogP contribution in [-0.4, -0.2) is 40.7 Å². The van der Waals surface area contributed by atoms with Crippen LogP contribution < -0.4 is 0 Å². The summed E-state index contributed by atoms with van der Waals surface area (Å²) in [5, 5.41) is 0. The highest BCUT2D eigenvalue weighted by atomic mass is 16.6. The highest BCUT2D eigenvalue weighted by Crippen LogP contribution is 2.12. The molecule has 0 saturated heterocycles. The first-order valence-electron chi connectivity index (χ1n) is 10.7.